The van der Waals surface area contributed by atoms with E-state index in [0.29, 0.717) is 10.0 Å². The zero-order valence-corrected chi connectivity index (χ0v) is 7.75. The number of benzene rings is 1. The summed E-state index contributed by atoms with van der Waals surface area (Å²) in [5.41, 5.74) is 0.786. The molecule has 0 saturated heterocycles. The van der Waals surface area contributed by atoms with Gasteiger partial charge < -0.3 is 0 Å². The predicted molar refractivity (Wildman–Crippen MR) is 47.1 cm³/mol. The first-order valence-corrected chi connectivity index (χ1v) is 3.98. The lowest BCUT2D eigenvalue weighted by molar-refractivity contribution is 0.341. The molecule has 0 unspecified atom stereocenters. The summed E-state index contributed by atoms with van der Waals surface area (Å²) in [7, 11) is 0. The van der Waals surface area contributed by atoms with Crippen molar-refractivity contribution in [1.29, 1.82) is 0 Å². The van der Waals surface area contributed by atoms with Crippen LogP contribution in [0.4, 0.5) is 0 Å². The molecule has 0 aliphatic heterocycles. The second kappa shape index (κ2) is 4.17. The second-order valence-electron chi connectivity index (χ2n) is 1.99. The molecule has 0 N–H and O–H groups in total. The highest BCUT2D eigenvalue weighted by molar-refractivity contribution is 6.33. The summed E-state index contributed by atoms with van der Waals surface area (Å²) in [6.07, 6.45) is 0. The first-order valence-electron chi connectivity index (χ1n) is 2.91. The van der Waals surface area contributed by atoms with E-state index >= 15 is 0 Å². The molecule has 0 fully saturated rings. The van der Waals surface area contributed by atoms with Crippen LogP contribution in [0, 0.1) is 0 Å². The summed E-state index contributed by atoms with van der Waals surface area (Å²) in [5, 5.41) is 1.23. The van der Waals surface area contributed by atoms with Crippen LogP contribution in [0.1, 0.15) is 5.56 Å². The molecule has 1 nitrogen and oxygen atoms in total. The van der Waals surface area contributed by atoms with Crippen LogP contribution in [0.25, 0.3) is 0 Å². The fraction of sp³-hybridized carbons (Fsp3) is 0.143. The molecule has 0 aliphatic carbocycles. The maximum absolute atomic E-state index is 5.78. The van der Waals surface area contributed by atoms with E-state index in [0.717, 1.165) is 5.56 Å². The molecular formula is C7H5Cl3O. The Morgan fingerprint density at radius 3 is 2.64 bits per heavy atom. The molecule has 0 amide bonds. The highest BCUT2D eigenvalue weighted by atomic mass is 35.5. The fourth-order valence-electron chi connectivity index (χ4n) is 0.713. The van der Waals surface area contributed by atoms with Crippen LogP contribution >= 0.6 is 35.1 Å². The van der Waals surface area contributed by atoms with E-state index in [1.165, 1.54) is 0 Å². The van der Waals surface area contributed by atoms with Gasteiger partial charge in [-0.05, 0) is 23.8 Å². The lowest BCUT2D eigenvalue weighted by Crippen LogP contribution is -1.84. The minimum atomic E-state index is 0.265. The van der Waals surface area contributed by atoms with E-state index in [4.69, 9.17) is 35.1 Å². The topological polar surface area (TPSA) is 9.23 Å². The number of halogens is 3. The third-order valence-electron chi connectivity index (χ3n) is 1.22. The summed E-state index contributed by atoms with van der Waals surface area (Å²) >= 11 is 16.5. The summed E-state index contributed by atoms with van der Waals surface area (Å²) in [4.78, 5) is 0. The Morgan fingerprint density at radius 1 is 1.27 bits per heavy atom. The minimum Gasteiger partial charge on any atom is -0.274 e. The van der Waals surface area contributed by atoms with Crippen LogP contribution < -0.4 is 0 Å². The molecule has 0 atom stereocenters. The lowest BCUT2D eigenvalue weighted by atomic mass is 10.2. The summed E-state index contributed by atoms with van der Waals surface area (Å²) < 4.78 is 4.39. The molecule has 1 rings (SSSR count). The van der Waals surface area contributed by atoms with Crippen molar-refractivity contribution >= 4 is 35.1 Å². The third-order valence-corrected chi connectivity index (χ3v) is 1.93. The smallest absolute Gasteiger partial charge is 0.0948 e. The normalized spacial score (nSPS) is 10.1. The van der Waals surface area contributed by atoms with Gasteiger partial charge >= 0.3 is 0 Å². The number of hydrogen-bond donors (Lipinski definition) is 0. The number of rotatable bonds is 2. The van der Waals surface area contributed by atoms with Crippen molar-refractivity contribution in [2.24, 2.45) is 0 Å². The average Bonchev–Trinajstić information content (AvgIpc) is 1.98. The van der Waals surface area contributed by atoms with E-state index in [1.807, 2.05) is 0 Å². The Hall–Kier alpha value is 0.0500. The van der Waals surface area contributed by atoms with Crippen molar-refractivity contribution in [3.8, 4) is 0 Å². The van der Waals surface area contributed by atoms with E-state index in [2.05, 4.69) is 4.29 Å². The quantitative estimate of drug-likeness (QED) is 0.725. The molecule has 0 spiro atoms. The van der Waals surface area contributed by atoms with Gasteiger partial charge in [0, 0.05) is 10.0 Å². The number of hydrogen-bond acceptors (Lipinski definition) is 1. The summed E-state index contributed by atoms with van der Waals surface area (Å²) in [6.45, 7) is 0.265. The fourth-order valence-corrected chi connectivity index (χ4v) is 1.20. The molecule has 4 heteroatoms. The van der Waals surface area contributed by atoms with Crippen LogP contribution in [0.15, 0.2) is 18.2 Å². The molecule has 0 aliphatic rings. The van der Waals surface area contributed by atoms with E-state index in [-0.39, 0.29) is 6.61 Å². The monoisotopic (exact) mass is 210 g/mol. The zero-order valence-electron chi connectivity index (χ0n) is 5.48. The third kappa shape index (κ3) is 2.53. The molecule has 0 heterocycles. The van der Waals surface area contributed by atoms with Gasteiger partial charge in [-0.3, -0.25) is 4.29 Å². The van der Waals surface area contributed by atoms with Crippen molar-refractivity contribution in [2.45, 2.75) is 6.61 Å². The molecule has 60 valence electrons. The van der Waals surface area contributed by atoms with Crippen LogP contribution in [0.2, 0.25) is 10.0 Å². The van der Waals surface area contributed by atoms with Crippen LogP contribution in [0.3, 0.4) is 0 Å². The van der Waals surface area contributed by atoms with Gasteiger partial charge in [-0.2, -0.15) is 0 Å². The zero-order chi connectivity index (χ0) is 8.27. The lowest BCUT2D eigenvalue weighted by Gasteiger charge is -2.00. The Labute approximate surface area is 80.0 Å². The van der Waals surface area contributed by atoms with Crippen molar-refractivity contribution < 1.29 is 4.29 Å². The van der Waals surface area contributed by atoms with Gasteiger partial charge in [0.25, 0.3) is 0 Å². The summed E-state index contributed by atoms with van der Waals surface area (Å²) in [5.74, 6) is 0. The average molecular weight is 211 g/mol. The molecule has 11 heavy (non-hydrogen) atoms. The predicted octanol–water partition coefficient (Wildman–Crippen LogP) is 3.66. The molecular weight excluding hydrogens is 206 g/mol. The molecule has 0 saturated carbocycles. The Kier molecular flexibility index (Phi) is 3.46. The summed E-state index contributed by atoms with van der Waals surface area (Å²) in [6, 6.07) is 5.13. The van der Waals surface area contributed by atoms with E-state index < -0.39 is 0 Å². The van der Waals surface area contributed by atoms with Gasteiger partial charge in [0.2, 0.25) is 0 Å². The van der Waals surface area contributed by atoms with Crippen molar-refractivity contribution in [3.05, 3.63) is 33.8 Å². The van der Waals surface area contributed by atoms with Gasteiger partial charge in [0.15, 0.2) is 0 Å². The van der Waals surface area contributed by atoms with Crippen molar-refractivity contribution in [1.82, 2.24) is 0 Å². The molecule has 0 bridgehead atoms. The largest absolute Gasteiger partial charge is 0.274 e. The second-order valence-corrected chi connectivity index (χ2v) is 3.05. The van der Waals surface area contributed by atoms with Gasteiger partial charge in [-0.1, -0.05) is 23.2 Å². The first kappa shape index (κ1) is 9.14. The van der Waals surface area contributed by atoms with E-state index in [9.17, 15) is 0 Å². The maximum Gasteiger partial charge on any atom is 0.0948 e. The Bertz CT molecular complexity index is 249. The van der Waals surface area contributed by atoms with E-state index in [1.54, 1.807) is 18.2 Å². The first-order chi connectivity index (χ1) is 5.24. The van der Waals surface area contributed by atoms with Gasteiger partial charge in [-0.15, -0.1) is 0 Å². The van der Waals surface area contributed by atoms with Crippen molar-refractivity contribution in [2.75, 3.05) is 0 Å². The standard InChI is InChI=1S/C7H5Cl3O/c8-6-1-2-7(9)5(3-6)4-11-10/h1-3H,4H2. The highest BCUT2D eigenvalue weighted by Crippen LogP contribution is 2.21. The maximum atomic E-state index is 5.78. The SMILES string of the molecule is ClOCc1cc(Cl)ccc1Cl. The molecule has 0 radical (unpaired) electrons. The molecule has 1 aromatic carbocycles. The minimum absolute atomic E-state index is 0.265. The van der Waals surface area contributed by atoms with Gasteiger partial charge in [0.1, 0.15) is 0 Å². The van der Waals surface area contributed by atoms with Gasteiger partial charge in [0.05, 0.1) is 18.5 Å². The van der Waals surface area contributed by atoms with Crippen LogP contribution in [-0.4, -0.2) is 0 Å². The van der Waals surface area contributed by atoms with Crippen LogP contribution in [0.5, 0.6) is 0 Å². The Balaban J connectivity index is 2.93. The molecule has 0 aromatic heterocycles. The molecule has 1 aromatic rings. The highest BCUT2D eigenvalue weighted by Gasteiger charge is 2.00. The van der Waals surface area contributed by atoms with Crippen LogP contribution in [-0.2, 0) is 10.9 Å². The Morgan fingerprint density at radius 2 is 2.00 bits per heavy atom. The van der Waals surface area contributed by atoms with Gasteiger partial charge in [-0.25, -0.2) is 0 Å². The van der Waals surface area contributed by atoms with Crippen molar-refractivity contribution in [3.63, 3.8) is 0 Å².